The smallest absolute Gasteiger partial charge is 0.393 e. The molecule has 0 amide bonds. The Morgan fingerprint density at radius 2 is 2.20 bits per heavy atom. The van der Waals surface area contributed by atoms with Crippen molar-refractivity contribution in [1.29, 1.82) is 0 Å². The fraction of sp³-hybridized carbons (Fsp3) is 0. The lowest BCUT2D eigenvalue weighted by Gasteiger charge is -1.92. The van der Waals surface area contributed by atoms with Gasteiger partial charge in [-0.25, -0.2) is 9.78 Å². The minimum atomic E-state index is -1.28. The third kappa shape index (κ3) is 1.94. The van der Waals surface area contributed by atoms with Crippen LogP contribution in [0.4, 0.5) is 0 Å². The number of rotatable bonds is 2. The summed E-state index contributed by atoms with van der Waals surface area (Å²) in [5.41, 5.74) is 0.374. The van der Waals surface area contributed by atoms with Crippen LogP contribution in [-0.2, 0) is 0 Å². The summed E-state index contributed by atoms with van der Waals surface area (Å²) in [7, 11) is 0. The van der Waals surface area contributed by atoms with Gasteiger partial charge in [0.25, 0.3) is 5.89 Å². The van der Waals surface area contributed by atoms with Gasteiger partial charge in [-0.2, -0.15) is 0 Å². The number of carboxylic acids is 1. The van der Waals surface area contributed by atoms with E-state index < -0.39 is 11.9 Å². The summed E-state index contributed by atoms with van der Waals surface area (Å²) in [6.45, 7) is 0. The zero-order chi connectivity index (χ0) is 10.8. The molecule has 0 spiro atoms. The summed E-state index contributed by atoms with van der Waals surface area (Å²) in [5, 5.41) is 15.9. The maximum absolute atomic E-state index is 10.5. The van der Waals surface area contributed by atoms with Crippen molar-refractivity contribution in [3.8, 4) is 11.6 Å². The molecule has 0 aliphatic carbocycles. The van der Waals surface area contributed by atoms with Crippen molar-refractivity contribution in [2.45, 2.75) is 0 Å². The van der Waals surface area contributed by atoms with Crippen LogP contribution in [0.3, 0.4) is 0 Å². The van der Waals surface area contributed by atoms with Crippen molar-refractivity contribution in [1.82, 2.24) is 15.2 Å². The van der Waals surface area contributed by atoms with Gasteiger partial charge in [0.05, 0.1) is 5.02 Å². The van der Waals surface area contributed by atoms with E-state index in [1.54, 1.807) is 12.1 Å². The highest BCUT2D eigenvalue weighted by molar-refractivity contribution is 6.30. The Kier molecular flexibility index (Phi) is 2.34. The molecule has 1 N–H and O–H groups in total. The van der Waals surface area contributed by atoms with Crippen molar-refractivity contribution in [3.05, 3.63) is 29.2 Å². The number of carboxylic acid groups (broad SMARTS) is 1. The first kappa shape index (κ1) is 9.60. The molecule has 2 heterocycles. The van der Waals surface area contributed by atoms with Gasteiger partial charge < -0.3 is 9.52 Å². The van der Waals surface area contributed by atoms with Crippen LogP contribution < -0.4 is 0 Å². The molecular weight excluding hydrogens is 222 g/mol. The van der Waals surface area contributed by atoms with Crippen LogP contribution in [0, 0.1) is 0 Å². The lowest BCUT2D eigenvalue weighted by molar-refractivity contribution is 0.0654. The molecule has 2 aromatic heterocycles. The Morgan fingerprint density at radius 1 is 1.40 bits per heavy atom. The fourth-order valence-corrected chi connectivity index (χ4v) is 1.03. The van der Waals surface area contributed by atoms with E-state index in [-0.39, 0.29) is 5.89 Å². The molecule has 76 valence electrons. The average molecular weight is 226 g/mol. The van der Waals surface area contributed by atoms with Gasteiger partial charge in [0.15, 0.2) is 0 Å². The summed E-state index contributed by atoms with van der Waals surface area (Å²) in [6.07, 6.45) is 1.40. The first-order chi connectivity index (χ1) is 7.16. The molecule has 2 rings (SSSR count). The third-order valence-corrected chi connectivity index (χ3v) is 1.78. The molecule has 0 aliphatic rings. The summed E-state index contributed by atoms with van der Waals surface area (Å²) in [5.74, 6) is -1.70. The van der Waals surface area contributed by atoms with Crippen LogP contribution in [-0.4, -0.2) is 26.3 Å². The van der Waals surface area contributed by atoms with E-state index in [1.165, 1.54) is 6.20 Å². The van der Waals surface area contributed by atoms with E-state index in [1.807, 2.05) is 0 Å². The van der Waals surface area contributed by atoms with Gasteiger partial charge in [0, 0.05) is 6.20 Å². The van der Waals surface area contributed by atoms with Crippen LogP contribution in [0.2, 0.25) is 5.02 Å². The first-order valence-electron chi connectivity index (χ1n) is 3.85. The molecule has 0 saturated carbocycles. The Labute approximate surface area is 88.5 Å². The lowest BCUT2D eigenvalue weighted by atomic mass is 10.3. The maximum Gasteiger partial charge on any atom is 0.393 e. The predicted molar refractivity (Wildman–Crippen MR) is 49.5 cm³/mol. The maximum atomic E-state index is 10.5. The van der Waals surface area contributed by atoms with Crippen molar-refractivity contribution in [3.63, 3.8) is 0 Å². The molecule has 0 bridgehead atoms. The largest absolute Gasteiger partial charge is 0.474 e. The molecular formula is C8H4ClN3O3. The molecule has 2 aromatic rings. The van der Waals surface area contributed by atoms with Crippen LogP contribution in [0.1, 0.15) is 10.7 Å². The molecule has 0 radical (unpaired) electrons. The number of halogens is 1. The van der Waals surface area contributed by atoms with E-state index in [0.29, 0.717) is 10.7 Å². The van der Waals surface area contributed by atoms with Gasteiger partial charge in [0.1, 0.15) is 5.69 Å². The molecule has 0 fully saturated rings. The van der Waals surface area contributed by atoms with Crippen molar-refractivity contribution in [2.24, 2.45) is 0 Å². The van der Waals surface area contributed by atoms with Gasteiger partial charge in [-0.1, -0.05) is 11.6 Å². The second kappa shape index (κ2) is 3.66. The highest BCUT2D eigenvalue weighted by Gasteiger charge is 2.14. The van der Waals surface area contributed by atoms with E-state index in [4.69, 9.17) is 21.1 Å². The summed E-state index contributed by atoms with van der Waals surface area (Å²) in [4.78, 5) is 14.4. The van der Waals surface area contributed by atoms with E-state index in [2.05, 4.69) is 15.2 Å². The Balaban J connectivity index is 2.37. The predicted octanol–water partition coefficient (Wildman–Crippen LogP) is 1.48. The fourth-order valence-electron chi connectivity index (χ4n) is 0.915. The number of pyridine rings is 1. The van der Waals surface area contributed by atoms with Crippen molar-refractivity contribution in [2.75, 3.05) is 0 Å². The monoisotopic (exact) mass is 225 g/mol. The molecule has 0 unspecified atom stereocenters. The molecule has 0 saturated heterocycles. The summed E-state index contributed by atoms with van der Waals surface area (Å²) < 4.78 is 4.84. The Morgan fingerprint density at radius 3 is 2.73 bits per heavy atom. The Bertz CT molecular complexity index is 494. The second-order valence-corrected chi connectivity index (χ2v) is 3.02. The molecule has 15 heavy (non-hydrogen) atoms. The number of hydrogen-bond acceptors (Lipinski definition) is 5. The van der Waals surface area contributed by atoms with Gasteiger partial charge in [-0.3, -0.25) is 0 Å². The van der Waals surface area contributed by atoms with Gasteiger partial charge in [-0.05, 0) is 12.1 Å². The van der Waals surface area contributed by atoms with E-state index >= 15 is 0 Å². The number of aromatic carboxylic acids is 1. The minimum Gasteiger partial charge on any atom is -0.474 e. The summed E-state index contributed by atoms with van der Waals surface area (Å²) in [6, 6.07) is 3.15. The third-order valence-electron chi connectivity index (χ3n) is 1.55. The van der Waals surface area contributed by atoms with Crippen LogP contribution in [0.15, 0.2) is 22.7 Å². The van der Waals surface area contributed by atoms with Crippen molar-refractivity contribution < 1.29 is 14.3 Å². The first-order valence-corrected chi connectivity index (χ1v) is 4.23. The highest BCUT2D eigenvalue weighted by atomic mass is 35.5. The zero-order valence-corrected chi connectivity index (χ0v) is 7.97. The molecule has 0 aliphatic heterocycles. The number of aromatic nitrogens is 3. The minimum absolute atomic E-state index is 0.0454. The van der Waals surface area contributed by atoms with Crippen LogP contribution in [0.5, 0.6) is 0 Å². The quantitative estimate of drug-likeness (QED) is 0.833. The molecule has 0 aromatic carbocycles. The molecule has 0 atom stereocenters. The number of nitrogens with zero attached hydrogens (tertiary/aromatic N) is 3. The molecule has 7 heteroatoms. The summed E-state index contributed by atoms with van der Waals surface area (Å²) >= 11 is 5.63. The SMILES string of the molecule is O=C(O)c1nnc(-c2ccc(Cl)cn2)o1. The number of hydrogen-bond donors (Lipinski definition) is 1. The van der Waals surface area contributed by atoms with Crippen LogP contribution >= 0.6 is 11.6 Å². The normalized spacial score (nSPS) is 10.2. The standard InChI is InChI=1S/C8H4ClN3O3/c9-4-1-2-5(10-3-4)6-11-12-7(15-6)8(13)14/h1-3H,(H,13,14). The highest BCUT2D eigenvalue weighted by Crippen LogP contribution is 2.16. The van der Waals surface area contributed by atoms with Gasteiger partial charge in [-0.15, -0.1) is 10.2 Å². The topological polar surface area (TPSA) is 89.1 Å². The van der Waals surface area contributed by atoms with Crippen molar-refractivity contribution >= 4 is 17.6 Å². The Hall–Kier alpha value is -1.95. The molecule has 6 nitrogen and oxygen atoms in total. The van der Waals surface area contributed by atoms with E-state index in [9.17, 15) is 4.79 Å². The number of carbonyl (C=O) groups is 1. The average Bonchev–Trinajstić information content (AvgIpc) is 2.68. The second-order valence-electron chi connectivity index (χ2n) is 2.58. The van der Waals surface area contributed by atoms with Crippen LogP contribution in [0.25, 0.3) is 11.6 Å². The lowest BCUT2D eigenvalue weighted by Crippen LogP contribution is -1.95. The van der Waals surface area contributed by atoms with Gasteiger partial charge >= 0.3 is 11.9 Å². The van der Waals surface area contributed by atoms with Gasteiger partial charge in [0.2, 0.25) is 0 Å². The van der Waals surface area contributed by atoms with E-state index in [0.717, 1.165) is 0 Å². The zero-order valence-electron chi connectivity index (χ0n) is 7.22.